The number of aliphatic hydroxyl groups excluding tert-OH is 1. The molecule has 9 heteroatoms. The molecule has 0 heterocycles. The van der Waals surface area contributed by atoms with Gasteiger partial charge in [0, 0.05) is 6.42 Å². The predicted octanol–water partition coefficient (Wildman–Crippen LogP) is 10.7. The molecule has 3 atom stereocenters. The maximum atomic E-state index is 12.8. The number of allylic oxidation sites excluding steroid dienone is 4. The number of hydrogen-bond acceptors (Lipinski definition) is 6. The van der Waals surface area contributed by atoms with Crippen LogP contribution in [0, 0.1) is 0 Å². The summed E-state index contributed by atoms with van der Waals surface area (Å²) in [6, 6.07) is -0.801. The summed E-state index contributed by atoms with van der Waals surface area (Å²) in [7, 11) is 1.30. The van der Waals surface area contributed by atoms with Gasteiger partial charge in [-0.15, -0.1) is 0 Å². The Kier molecular flexibility index (Phi) is 34.0. The Morgan fingerprint density at radius 1 is 0.686 bits per heavy atom. The second-order valence-electron chi connectivity index (χ2n) is 15.7. The maximum absolute atomic E-state index is 12.8. The quantitative estimate of drug-likeness (QED) is 0.0282. The normalized spacial score (nSPS) is 14.7. The fourth-order valence-electron chi connectivity index (χ4n) is 6.01. The van der Waals surface area contributed by atoms with Gasteiger partial charge in [0.1, 0.15) is 13.2 Å². The Labute approximate surface area is 315 Å². The number of hydrogen-bond donors (Lipinski definition) is 2. The molecule has 0 aromatic rings. The Morgan fingerprint density at radius 2 is 1.14 bits per heavy atom. The summed E-state index contributed by atoms with van der Waals surface area (Å²) in [6.07, 6.45) is 38.8. The van der Waals surface area contributed by atoms with E-state index < -0.39 is 20.0 Å². The van der Waals surface area contributed by atoms with Crippen LogP contribution in [0.4, 0.5) is 0 Å². The fourth-order valence-corrected chi connectivity index (χ4v) is 6.73. The fraction of sp³-hybridized carbons (Fsp3) is 0.881. The van der Waals surface area contributed by atoms with Crippen LogP contribution >= 0.6 is 7.82 Å². The van der Waals surface area contributed by atoms with E-state index in [1.54, 1.807) is 0 Å². The van der Waals surface area contributed by atoms with Crippen molar-refractivity contribution in [1.82, 2.24) is 5.32 Å². The van der Waals surface area contributed by atoms with E-state index in [1.165, 1.54) is 109 Å². The van der Waals surface area contributed by atoms with Crippen LogP contribution in [-0.4, -0.2) is 68.5 Å². The van der Waals surface area contributed by atoms with Gasteiger partial charge in [0.2, 0.25) is 5.91 Å². The van der Waals surface area contributed by atoms with Gasteiger partial charge in [0.25, 0.3) is 7.82 Å². The molecule has 0 saturated carbocycles. The van der Waals surface area contributed by atoms with Crippen molar-refractivity contribution < 1.29 is 32.9 Å². The number of phosphoric acid groups is 1. The summed E-state index contributed by atoms with van der Waals surface area (Å²) in [5.74, 6) is -0.174. The Hall–Kier alpha value is -1.02. The zero-order chi connectivity index (χ0) is 37.9. The van der Waals surface area contributed by atoms with Gasteiger partial charge in [-0.3, -0.25) is 9.36 Å². The number of rotatable bonds is 38. The highest BCUT2D eigenvalue weighted by Gasteiger charge is 2.24. The van der Waals surface area contributed by atoms with Crippen LogP contribution in [0.2, 0.25) is 0 Å². The molecule has 0 aromatic carbocycles. The lowest BCUT2D eigenvalue weighted by Crippen LogP contribution is -2.46. The Bertz CT molecular complexity index is 891. The third kappa shape index (κ3) is 37.1. The van der Waals surface area contributed by atoms with E-state index >= 15 is 0 Å². The third-order valence-electron chi connectivity index (χ3n) is 9.44. The van der Waals surface area contributed by atoms with Crippen molar-refractivity contribution in [2.75, 3.05) is 40.9 Å². The van der Waals surface area contributed by atoms with Gasteiger partial charge < -0.3 is 28.8 Å². The molecule has 0 spiro atoms. The number of carbonyl (C=O) groups is 1. The molecule has 0 radical (unpaired) electrons. The first-order valence-corrected chi connectivity index (χ1v) is 22.6. The van der Waals surface area contributed by atoms with Crippen LogP contribution in [0.1, 0.15) is 187 Å². The van der Waals surface area contributed by atoms with Crippen LogP contribution in [0.15, 0.2) is 24.3 Å². The number of quaternary nitrogens is 1. The molecular weight excluding hydrogens is 659 g/mol. The summed E-state index contributed by atoms with van der Waals surface area (Å²) in [6.45, 7) is 4.67. The molecule has 0 aliphatic carbocycles. The molecule has 8 nitrogen and oxygen atoms in total. The second-order valence-corrected chi connectivity index (χ2v) is 17.1. The average Bonchev–Trinajstić information content (AvgIpc) is 3.07. The first-order valence-electron chi connectivity index (χ1n) is 21.2. The zero-order valence-electron chi connectivity index (χ0n) is 34.1. The molecular formula is C42H83N2O6P. The monoisotopic (exact) mass is 743 g/mol. The molecule has 51 heavy (non-hydrogen) atoms. The van der Waals surface area contributed by atoms with Crippen LogP contribution < -0.4 is 10.2 Å². The number of phosphoric ester groups is 1. The molecule has 0 aliphatic heterocycles. The SMILES string of the molecule is CCCCC/C=C\C/C=C\CCCCCCCCCC(=O)NC(COP(=O)([O-])OCC[N+](C)(C)C)C(O)CCCCCCCCCCCCCC. The maximum Gasteiger partial charge on any atom is 0.268 e. The minimum absolute atomic E-state index is 0.0108. The largest absolute Gasteiger partial charge is 0.756 e. The van der Waals surface area contributed by atoms with E-state index in [1.807, 2.05) is 21.1 Å². The lowest BCUT2D eigenvalue weighted by Gasteiger charge is -2.30. The van der Waals surface area contributed by atoms with Crippen molar-refractivity contribution in [3.63, 3.8) is 0 Å². The summed E-state index contributed by atoms with van der Waals surface area (Å²) in [5.41, 5.74) is 0. The van der Waals surface area contributed by atoms with Gasteiger partial charge in [0.15, 0.2) is 0 Å². The van der Waals surface area contributed by atoms with Gasteiger partial charge in [-0.1, -0.05) is 160 Å². The van der Waals surface area contributed by atoms with E-state index in [0.29, 0.717) is 23.9 Å². The minimum Gasteiger partial charge on any atom is -0.756 e. The smallest absolute Gasteiger partial charge is 0.268 e. The van der Waals surface area contributed by atoms with Crippen molar-refractivity contribution in [1.29, 1.82) is 0 Å². The van der Waals surface area contributed by atoms with Crippen molar-refractivity contribution in [2.24, 2.45) is 0 Å². The molecule has 2 N–H and O–H groups in total. The summed E-state index contributed by atoms with van der Waals surface area (Å²) >= 11 is 0. The van der Waals surface area contributed by atoms with Crippen LogP contribution in [0.5, 0.6) is 0 Å². The number of nitrogens with zero attached hydrogens (tertiary/aromatic N) is 1. The third-order valence-corrected chi connectivity index (χ3v) is 10.4. The Morgan fingerprint density at radius 3 is 1.67 bits per heavy atom. The van der Waals surface area contributed by atoms with Crippen LogP contribution in [0.3, 0.4) is 0 Å². The zero-order valence-corrected chi connectivity index (χ0v) is 35.0. The highest BCUT2D eigenvalue weighted by molar-refractivity contribution is 7.45. The molecule has 0 fully saturated rings. The van der Waals surface area contributed by atoms with Gasteiger partial charge in [-0.25, -0.2) is 0 Å². The van der Waals surface area contributed by atoms with Crippen molar-refractivity contribution in [3.05, 3.63) is 24.3 Å². The number of likely N-dealkylation sites (N-methyl/N-ethyl adjacent to an activating group) is 1. The minimum atomic E-state index is -4.56. The number of unbranched alkanes of at least 4 members (excludes halogenated alkanes) is 21. The van der Waals surface area contributed by atoms with Crippen molar-refractivity contribution in [2.45, 2.75) is 199 Å². The van der Waals surface area contributed by atoms with Crippen molar-refractivity contribution >= 4 is 13.7 Å². The molecule has 0 bridgehead atoms. The molecule has 3 unspecified atom stereocenters. The molecule has 0 saturated heterocycles. The first-order chi connectivity index (χ1) is 24.5. The van der Waals surface area contributed by atoms with Gasteiger partial charge in [-0.2, -0.15) is 0 Å². The molecule has 1 amide bonds. The molecule has 302 valence electrons. The van der Waals surface area contributed by atoms with Gasteiger partial charge in [-0.05, 0) is 44.9 Å². The summed E-state index contributed by atoms with van der Waals surface area (Å²) in [4.78, 5) is 25.3. The topological polar surface area (TPSA) is 108 Å². The number of amides is 1. The van der Waals surface area contributed by atoms with E-state index in [9.17, 15) is 19.4 Å². The van der Waals surface area contributed by atoms with Gasteiger partial charge >= 0.3 is 0 Å². The molecule has 0 aromatic heterocycles. The van der Waals surface area contributed by atoms with E-state index in [2.05, 4.69) is 43.5 Å². The highest BCUT2D eigenvalue weighted by atomic mass is 31.2. The molecule has 0 aliphatic rings. The van der Waals surface area contributed by atoms with E-state index in [0.717, 1.165) is 51.4 Å². The second kappa shape index (κ2) is 34.7. The number of aliphatic hydroxyl groups is 1. The van der Waals surface area contributed by atoms with Crippen LogP contribution in [0.25, 0.3) is 0 Å². The van der Waals surface area contributed by atoms with Gasteiger partial charge in [0.05, 0.1) is 39.9 Å². The average molecular weight is 743 g/mol. The first kappa shape index (κ1) is 50.0. The van der Waals surface area contributed by atoms with E-state index in [4.69, 9.17) is 9.05 Å². The number of carbonyl (C=O) groups excluding carboxylic acids is 1. The Balaban J connectivity index is 4.39. The highest BCUT2D eigenvalue weighted by Crippen LogP contribution is 2.38. The molecule has 0 rings (SSSR count). The predicted molar refractivity (Wildman–Crippen MR) is 215 cm³/mol. The standard InChI is InChI=1S/C42H83N2O6P/c1-6-8-10-12-14-16-18-20-21-22-23-24-26-28-30-32-34-36-42(46)43-40(39-50-51(47,48)49-38-37-44(3,4)5)41(45)35-33-31-29-27-25-19-17-15-13-11-9-7-2/h14,16,20-21,40-41,45H,6-13,15,17-19,22-39H2,1-5H3,(H-,43,46,47,48)/b16-14-,21-20-. The van der Waals surface area contributed by atoms with Crippen molar-refractivity contribution in [3.8, 4) is 0 Å². The van der Waals surface area contributed by atoms with E-state index in [-0.39, 0.29) is 19.1 Å². The summed E-state index contributed by atoms with van der Waals surface area (Å²) in [5, 5.41) is 13.9. The summed E-state index contributed by atoms with van der Waals surface area (Å²) < 4.78 is 23.2. The van der Waals surface area contributed by atoms with Crippen LogP contribution in [-0.2, 0) is 18.4 Å². The lowest BCUT2D eigenvalue weighted by atomic mass is 10.0. The number of nitrogens with one attached hydrogen (secondary N) is 1. The lowest BCUT2D eigenvalue weighted by molar-refractivity contribution is -0.870.